The third-order valence-corrected chi connectivity index (χ3v) is 1.70. The highest BCUT2D eigenvalue weighted by molar-refractivity contribution is 5.79. The molecule has 0 aliphatic carbocycles. The van der Waals surface area contributed by atoms with Gasteiger partial charge in [-0.1, -0.05) is 0 Å². The molecule has 0 fully saturated rings. The van der Waals surface area contributed by atoms with Crippen molar-refractivity contribution in [2.45, 2.75) is 24.4 Å². The molecule has 0 aliphatic heterocycles. The molecule has 0 saturated carbocycles. The van der Waals surface area contributed by atoms with Crippen molar-refractivity contribution in [3.8, 4) is 0 Å². The molecule has 0 heterocycles. The van der Waals surface area contributed by atoms with Crippen LogP contribution in [0.25, 0.3) is 0 Å². The summed E-state index contributed by atoms with van der Waals surface area (Å²) in [7, 11) is 1.09. The maximum atomic E-state index is 10.5. The number of carbonyl (C=O) groups is 2. The molecule has 0 radical (unpaired) electrons. The van der Waals surface area contributed by atoms with Crippen LogP contribution in [-0.4, -0.2) is 59.0 Å². The van der Waals surface area contributed by atoms with E-state index < -0.39 is 30.3 Å². The van der Waals surface area contributed by atoms with E-state index in [1.54, 1.807) is 0 Å². The lowest BCUT2D eigenvalue weighted by atomic mass is 10.0. The zero-order valence-corrected chi connectivity index (χ0v) is 7.53. The molecule has 7 nitrogen and oxygen atoms in total. The van der Waals surface area contributed by atoms with Gasteiger partial charge >= 0.3 is 0 Å². The minimum absolute atomic E-state index is 0.0599. The maximum Gasteiger partial charge on any atom is 0.249 e. The monoisotopic (exact) mass is 207 g/mol. The van der Waals surface area contributed by atoms with E-state index in [9.17, 15) is 14.7 Å². The number of rotatable bonds is 6. The van der Waals surface area contributed by atoms with E-state index in [1.165, 1.54) is 0 Å². The lowest BCUT2D eigenvalue weighted by Gasteiger charge is -2.25. The van der Waals surface area contributed by atoms with Gasteiger partial charge in [0.25, 0.3) is 0 Å². The molecule has 0 rings (SSSR count). The summed E-state index contributed by atoms with van der Waals surface area (Å²) in [5.41, 5.74) is 4.74. The van der Waals surface area contributed by atoms with Crippen molar-refractivity contribution in [3.05, 3.63) is 0 Å². The first-order valence-electron chi connectivity index (χ1n) is 3.77. The molecule has 0 saturated heterocycles. The van der Waals surface area contributed by atoms with E-state index in [0.717, 1.165) is 7.11 Å². The maximum absolute atomic E-state index is 10.5. The average Bonchev–Trinajstić information content (AvgIpc) is 2.17. The van der Waals surface area contributed by atoms with E-state index in [4.69, 9.17) is 15.9 Å². The molecule has 14 heavy (non-hydrogen) atoms. The number of ether oxygens (including phenoxy) is 1. The van der Waals surface area contributed by atoms with Gasteiger partial charge in [-0.3, -0.25) is 4.79 Å². The van der Waals surface area contributed by atoms with Crippen LogP contribution in [0.15, 0.2) is 0 Å². The topological polar surface area (TPSA) is 130 Å². The van der Waals surface area contributed by atoms with Crippen LogP contribution in [0.4, 0.5) is 0 Å². The van der Waals surface area contributed by atoms with Gasteiger partial charge in [0.15, 0.2) is 12.4 Å². The van der Waals surface area contributed by atoms with E-state index in [-0.39, 0.29) is 6.29 Å². The Labute approximate surface area is 80.1 Å². The van der Waals surface area contributed by atoms with Crippen LogP contribution in [-0.2, 0) is 14.3 Å². The van der Waals surface area contributed by atoms with Gasteiger partial charge in [-0.15, -0.1) is 0 Å². The molecule has 0 spiro atoms. The van der Waals surface area contributed by atoms with Crippen LogP contribution in [0.2, 0.25) is 0 Å². The predicted molar refractivity (Wildman–Crippen MR) is 44.1 cm³/mol. The second kappa shape index (κ2) is 5.66. The number of hydrogen-bond acceptors (Lipinski definition) is 6. The Morgan fingerprint density at radius 2 is 1.93 bits per heavy atom. The molecular weight excluding hydrogens is 194 g/mol. The summed E-state index contributed by atoms with van der Waals surface area (Å²) in [4.78, 5) is 20.6. The first kappa shape index (κ1) is 13.0. The molecule has 4 atom stereocenters. The summed E-state index contributed by atoms with van der Waals surface area (Å²) in [5, 5.41) is 27.2. The number of nitrogens with two attached hydrogens (primary N) is 1. The number of aldehydes is 1. The molecule has 7 heteroatoms. The fourth-order valence-corrected chi connectivity index (χ4v) is 0.892. The van der Waals surface area contributed by atoms with E-state index in [2.05, 4.69) is 4.74 Å². The van der Waals surface area contributed by atoms with Gasteiger partial charge in [-0.25, -0.2) is 0 Å². The Bertz CT molecular complexity index is 208. The molecule has 0 aliphatic rings. The summed E-state index contributed by atoms with van der Waals surface area (Å²) >= 11 is 0. The van der Waals surface area contributed by atoms with Crippen molar-refractivity contribution >= 4 is 12.2 Å². The molecule has 0 bridgehead atoms. The number of aliphatic hydroxyl groups excluding tert-OH is 3. The Hall–Kier alpha value is -1.02. The van der Waals surface area contributed by atoms with Gasteiger partial charge in [0, 0.05) is 7.11 Å². The van der Waals surface area contributed by atoms with Crippen LogP contribution in [0.5, 0.6) is 0 Å². The average molecular weight is 207 g/mol. The minimum Gasteiger partial charge on any atom is -0.387 e. The minimum atomic E-state index is -1.79. The summed E-state index contributed by atoms with van der Waals surface area (Å²) in [6.45, 7) is 0. The molecule has 0 aromatic rings. The van der Waals surface area contributed by atoms with Crippen molar-refractivity contribution in [2.75, 3.05) is 7.11 Å². The summed E-state index contributed by atoms with van der Waals surface area (Å²) in [6, 6.07) is 0. The Balaban J connectivity index is 4.54. The normalized spacial score (nSPS) is 19.4. The standard InChI is InChI=1S/C7H13NO6/c1-14-6(5(12)7(8)13)4(11)3(10)2-9/h2-6,10-12H,1H3,(H2,8,13)/t3-,4+,5-,6-/m0/s1. The highest BCUT2D eigenvalue weighted by Gasteiger charge is 2.34. The van der Waals surface area contributed by atoms with Crippen LogP contribution in [0.1, 0.15) is 0 Å². The Kier molecular flexibility index (Phi) is 5.24. The largest absolute Gasteiger partial charge is 0.387 e. The number of carbonyl (C=O) groups excluding carboxylic acids is 2. The van der Waals surface area contributed by atoms with Gasteiger partial charge in [0.1, 0.15) is 18.3 Å². The lowest BCUT2D eigenvalue weighted by Crippen LogP contribution is -2.51. The number of hydrogen-bond donors (Lipinski definition) is 4. The van der Waals surface area contributed by atoms with E-state index >= 15 is 0 Å². The van der Waals surface area contributed by atoms with E-state index in [1.807, 2.05) is 0 Å². The summed E-state index contributed by atoms with van der Waals surface area (Å²) in [5.74, 6) is -1.12. The molecule has 82 valence electrons. The van der Waals surface area contributed by atoms with Gasteiger partial charge in [0.05, 0.1) is 0 Å². The SMILES string of the molecule is CO[C@@H]([C@H](O)[C@@H](O)C=O)[C@H](O)C(N)=O. The summed E-state index contributed by atoms with van der Waals surface area (Å²) in [6.07, 6.45) is -6.61. The lowest BCUT2D eigenvalue weighted by molar-refractivity contribution is -0.152. The summed E-state index contributed by atoms with van der Waals surface area (Å²) < 4.78 is 4.54. The fraction of sp³-hybridized carbons (Fsp3) is 0.714. The van der Waals surface area contributed by atoms with Gasteiger partial charge < -0.3 is 30.6 Å². The zero-order valence-electron chi connectivity index (χ0n) is 7.53. The van der Waals surface area contributed by atoms with Gasteiger partial charge in [0.2, 0.25) is 5.91 Å². The quantitative estimate of drug-likeness (QED) is 0.339. The number of primary amides is 1. The predicted octanol–water partition coefficient (Wildman–Crippen LogP) is -3.23. The third-order valence-electron chi connectivity index (χ3n) is 1.70. The molecule has 0 unspecified atom stereocenters. The highest BCUT2D eigenvalue weighted by Crippen LogP contribution is 2.07. The third kappa shape index (κ3) is 3.04. The Morgan fingerprint density at radius 3 is 2.21 bits per heavy atom. The number of amides is 1. The van der Waals surface area contributed by atoms with Gasteiger partial charge in [-0.2, -0.15) is 0 Å². The van der Waals surface area contributed by atoms with Crippen LogP contribution < -0.4 is 5.73 Å². The first-order chi connectivity index (χ1) is 6.45. The molecule has 0 aromatic carbocycles. The molecular formula is C7H13NO6. The molecule has 5 N–H and O–H groups in total. The van der Waals surface area contributed by atoms with Crippen molar-refractivity contribution in [1.29, 1.82) is 0 Å². The second-order valence-electron chi connectivity index (χ2n) is 2.66. The van der Waals surface area contributed by atoms with Gasteiger partial charge in [-0.05, 0) is 0 Å². The highest BCUT2D eigenvalue weighted by atomic mass is 16.5. The van der Waals surface area contributed by atoms with Crippen molar-refractivity contribution < 1.29 is 29.6 Å². The van der Waals surface area contributed by atoms with Crippen molar-refractivity contribution in [3.63, 3.8) is 0 Å². The van der Waals surface area contributed by atoms with Crippen molar-refractivity contribution in [1.82, 2.24) is 0 Å². The Morgan fingerprint density at radius 1 is 1.43 bits per heavy atom. The second-order valence-corrected chi connectivity index (χ2v) is 2.66. The molecule has 0 aromatic heterocycles. The van der Waals surface area contributed by atoms with Crippen LogP contribution in [0, 0.1) is 0 Å². The number of methoxy groups -OCH3 is 1. The van der Waals surface area contributed by atoms with Crippen LogP contribution in [0.3, 0.4) is 0 Å². The molecule has 1 amide bonds. The fourth-order valence-electron chi connectivity index (χ4n) is 0.892. The zero-order chi connectivity index (χ0) is 11.3. The smallest absolute Gasteiger partial charge is 0.249 e. The first-order valence-corrected chi connectivity index (χ1v) is 3.77. The number of aliphatic hydroxyl groups is 3. The van der Waals surface area contributed by atoms with E-state index in [0.29, 0.717) is 0 Å². The van der Waals surface area contributed by atoms with Crippen molar-refractivity contribution in [2.24, 2.45) is 5.73 Å². The van der Waals surface area contributed by atoms with Crippen LogP contribution >= 0.6 is 0 Å².